The van der Waals surface area contributed by atoms with Gasteiger partial charge in [0.1, 0.15) is 0 Å². The van der Waals surface area contributed by atoms with Gasteiger partial charge in [0.2, 0.25) is 0 Å². The fourth-order valence-corrected chi connectivity index (χ4v) is 2.64. The summed E-state index contributed by atoms with van der Waals surface area (Å²) in [4.78, 5) is 2.45. The van der Waals surface area contributed by atoms with E-state index < -0.39 is 0 Å². The van der Waals surface area contributed by atoms with E-state index in [-0.39, 0.29) is 0 Å². The maximum absolute atomic E-state index is 6.18. The molecule has 1 aliphatic rings. The number of halogens is 1. The number of anilines is 1. The summed E-state index contributed by atoms with van der Waals surface area (Å²) in [5.74, 6) is 0.789. The summed E-state index contributed by atoms with van der Waals surface area (Å²) in [5.41, 5.74) is 7.85. The Balaban J connectivity index is 2.08. The van der Waals surface area contributed by atoms with Gasteiger partial charge in [0, 0.05) is 29.4 Å². The summed E-state index contributed by atoms with van der Waals surface area (Å²) in [6.45, 7) is 5.51. The first kappa shape index (κ1) is 11.7. The molecule has 0 amide bonds. The van der Waals surface area contributed by atoms with E-state index in [4.69, 9.17) is 17.3 Å². The molecule has 1 aromatic carbocycles. The zero-order valence-corrected chi connectivity index (χ0v) is 10.5. The topological polar surface area (TPSA) is 29.3 Å². The molecule has 0 spiro atoms. The van der Waals surface area contributed by atoms with E-state index >= 15 is 0 Å². The van der Waals surface area contributed by atoms with Crippen LogP contribution in [0.5, 0.6) is 0 Å². The van der Waals surface area contributed by atoms with Gasteiger partial charge in [-0.1, -0.05) is 24.6 Å². The van der Waals surface area contributed by atoms with E-state index in [9.17, 15) is 0 Å². The van der Waals surface area contributed by atoms with Gasteiger partial charge in [-0.05, 0) is 37.4 Å². The van der Waals surface area contributed by atoms with Crippen molar-refractivity contribution in [3.05, 3.63) is 28.8 Å². The second-order valence-corrected chi connectivity index (χ2v) is 5.20. The second kappa shape index (κ2) is 5.07. The van der Waals surface area contributed by atoms with Crippen LogP contribution in [0, 0.1) is 5.92 Å². The fraction of sp³-hybridized carbons (Fsp3) is 0.538. The first-order valence-corrected chi connectivity index (χ1v) is 6.30. The normalized spacial score (nSPS) is 22.2. The molecule has 16 heavy (non-hydrogen) atoms. The van der Waals surface area contributed by atoms with Crippen molar-refractivity contribution in [3.63, 3.8) is 0 Å². The molecule has 0 radical (unpaired) electrons. The molecular formula is C13H19ClN2. The van der Waals surface area contributed by atoms with Crippen LogP contribution in [-0.4, -0.2) is 18.0 Å². The monoisotopic (exact) mass is 238 g/mol. The van der Waals surface area contributed by atoms with Crippen LogP contribution in [0.25, 0.3) is 0 Å². The highest BCUT2D eigenvalue weighted by Gasteiger charge is 2.17. The minimum absolute atomic E-state index is 0.789. The lowest BCUT2D eigenvalue weighted by Crippen LogP contribution is -2.34. The predicted molar refractivity (Wildman–Crippen MR) is 69.5 cm³/mol. The predicted octanol–water partition coefficient (Wildman–Crippen LogP) is 3.15. The average molecular weight is 239 g/mol. The van der Waals surface area contributed by atoms with E-state index in [1.807, 2.05) is 18.2 Å². The number of nitrogens with two attached hydrogens (primary N) is 1. The van der Waals surface area contributed by atoms with Crippen molar-refractivity contribution in [2.24, 2.45) is 5.92 Å². The molecule has 1 heterocycles. The molecule has 2 nitrogen and oxygen atoms in total. The van der Waals surface area contributed by atoms with Crippen LogP contribution in [0.1, 0.15) is 25.3 Å². The number of likely N-dealkylation sites (tertiary alicyclic amines) is 1. The maximum atomic E-state index is 6.18. The minimum Gasteiger partial charge on any atom is -0.398 e. The van der Waals surface area contributed by atoms with Crippen LogP contribution < -0.4 is 5.73 Å². The van der Waals surface area contributed by atoms with E-state index in [1.54, 1.807) is 0 Å². The molecule has 1 fully saturated rings. The van der Waals surface area contributed by atoms with E-state index in [2.05, 4.69) is 11.8 Å². The van der Waals surface area contributed by atoms with Gasteiger partial charge < -0.3 is 5.73 Å². The molecule has 2 rings (SSSR count). The van der Waals surface area contributed by atoms with Crippen molar-refractivity contribution in [1.29, 1.82) is 0 Å². The number of hydrogen-bond acceptors (Lipinski definition) is 2. The molecule has 1 aliphatic heterocycles. The van der Waals surface area contributed by atoms with E-state index in [0.717, 1.165) is 41.8 Å². The molecule has 0 bridgehead atoms. The number of benzene rings is 1. The average Bonchev–Trinajstić information content (AvgIpc) is 2.24. The molecule has 0 aliphatic carbocycles. The van der Waals surface area contributed by atoms with Crippen molar-refractivity contribution in [2.75, 3.05) is 18.8 Å². The molecule has 1 atom stereocenters. The molecule has 2 N–H and O–H groups in total. The highest BCUT2D eigenvalue weighted by molar-refractivity contribution is 6.31. The Bertz CT molecular complexity index is 345. The second-order valence-electron chi connectivity index (χ2n) is 4.79. The Morgan fingerprint density at radius 3 is 3.00 bits per heavy atom. The van der Waals surface area contributed by atoms with Crippen LogP contribution in [0.2, 0.25) is 5.02 Å². The zero-order chi connectivity index (χ0) is 11.5. The molecule has 1 aromatic rings. The molecule has 1 unspecified atom stereocenters. The molecular weight excluding hydrogens is 220 g/mol. The van der Waals surface area contributed by atoms with Crippen LogP contribution >= 0.6 is 11.6 Å². The highest BCUT2D eigenvalue weighted by atomic mass is 35.5. The van der Waals surface area contributed by atoms with Gasteiger partial charge in [-0.25, -0.2) is 0 Å². The SMILES string of the molecule is CC1CCCN(Cc2c(N)cccc2Cl)C1. The van der Waals surface area contributed by atoms with Gasteiger partial charge in [0.05, 0.1) is 0 Å². The Labute approximate surface area is 102 Å². The van der Waals surface area contributed by atoms with Crippen molar-refractivity contribution in [2.45, 2.75) is 26.3 Å². The third-order valence-electron chi connectivity index (χ3n) is 3.28. The van der Waals surface area contributed by atoms with Crippen LogP contribution in [-0.2, 0) is 6.54 Å². The van der Waals surface area contributed by atoms with Crippen LogP contribution in [0.3, 0.4) is 0 Å². The summed E-state index contributed by atoms with van der Waals surface area (Å²) in [7, 11) is 0. The Morgan fingerprint density at radius 1 is 1.50 bits per heavy atom. The number of nitrogen functional groups attached to an aromatic ring is 1. The summed E-state index contributed by atoms with van der Waals surface area (Å²) in [5, 5.41) is 0.790. The Morgan fingerprint density at radius 2 is 2.31 bits per heavy atom. The standard InChI is InChI=1S/C13H19ClN2/c1-10-4-3-7-16(8-10)9-11-12(14)5-2-6-13(11)15/h2,5-6,10H,3-4,7-9,15H2,1H3. The molecule has 3 heteroatoms. The van der Waals surface area contributed by atoms with Crippen molar-refractivity contribution < 1.29 is 0 Å². The maximum Gasteiger partial charge on any atom is 0.0471 e. The lowest BCUT2D eigenvalue weighted by atomic mass is 9.99. The minimum atomic E-state index is 0.789. The van der Waals surface area contributed by atoms with Crippen molar-refractivity contribution in [3.8, 4) is 0 Å². The number of piperidine rings is 1. The zero-order valence-electron chi connectivity index (χ0n) is 9.75. The van der Waals surface area contributed by atoms with Crippen molar-refractivity contribution >= 4 is 17.3 Å². The first-order valence-electron chi connectivity index (χ1n) is 5.92. The summed E-state index contributed by atoms with van der Waals surface area (Å²) in [6, 6.07) is 5.75. The molecule has 0 aromatic heterocycles. The molecule has 0 saturated carbocycles. The fourth-order valence-electron chi connectivity index (χ4n) is 2.40. The number of hydrogen-bond donors (Lipinski definition) is 1. The summed E-state index contributed by atoms with van der Waals surface area (Å²) >= 11 is 6.18. The van der Waals surface area contributed by atoms with Crippen molar-refractivity contribution in [1.82, 2.24) is 4.90 Å². The van der Waals surface area contributed by atoms with Gasteiger partial charge in [0.15, 0.2) is 0 Å². The summed E-state index contributed by atoms with van der Waals surface area (Å²) in [6.07, 6.45) is 2.63. The highest BCUT2D eigenvalue weighted by Crippen LogP contribution is 2.25. The van der Waals surface area contributed by atoms with E-state index in [0.29, 0.717) is 0 Å². The Kier molecular flexibility index (Phi) is 3.72. The third kappa shape index (κ3) is 2.69. The van der Waals surface area contributed by atoms with Gasteiger partial charge >= 0.3 is 0 Å². The lowest BCUT2D eigenvalue weighted by Gasteiger charge is -2.31. The largest absolute Gasteiger partial charge is 0.398 e. The number of nitrogens with zero attached hydrogens (tertiary/aromatic N) is 1. The quantitative estimate of drug-likeness (QED) is 0.802. The van der Waals surface area contributed by atoms with Gasteiger partial charge in [-0.2, -0.15) is 0 Å². The van der Waals surface area contributed by atoms with E-state index in [1.165, 1.54) is 12.8 Å². The number of rotatable bonds is 2. The van der Waals surface area contributed by atoms with Gasteiger partial charge in [-0.3, -0.25) is 4.90 Å². The smallest absolute Gasteiger partial charge is 0.0471 e. The van der Waals surface area contributed by atoms with Crippen LogP contribution in [0.4, 0.5) is 5.69 Å². The lowest BCUT2D eigenvalue weighted by molar-refractivity contribution is 0.177. The Hall–Kier alpha value is -0.730. The van der Waals surface area contributed by atoms with Gasteiger partial charge in [0.25, 0.3) is 0 Å². The molecule has 1 saturated heterocycles. The summed E-state index contributed by atoms with van der Waals surface area (Å²) < 4.78 is 0. The molecule has 88 valence electrons. The first-order chi connectivity index (χ1) is 7.66. The van der Waals surface area contributed by atoms with Gasteiger partial charge in [-0.15, -0.1) is 0 Å². The third-order valence-corrected chi connectivity index (χ3v) is 3.63. The van der Waals surface area contributed by atoms with Crippen LogP contribution in [0.15, 0.2) is 18.2 Å².